The number of pyridine rings is 1. The van der Waals surface area contributed by atoms with E-state index in [1.807, 2.05) is 0 Å². The monoisotopic (exact) mass is 220 g/mol. The van der Waals surface area contributed by atoms with Crippen LogP contribution in [0.4, 0.5) is 13.2 Å². The topological polar surface area (TPSA) is 48.0 Å². The largest absolute Gasteiger partial charge is 0.410 e. The Hall–Kier alpha value is -1.30. The Morgan fingerprint density at radius 1 is 1.53 bits per heavy atom. The Morgan fingerprint density at radius 2 is 2.13 bits per heavy atom. The molecule has 0 aliphatic heterocycles. The van der Waals surface area contributed by atoms with Crippen LogP contribution in [0.25, 0.3) is 0 Å². The lowest BCUT2D eigenvalue weighted by Gasteiger charge is -2.20. The van der Waals surface area contributed by atoms with Crippen LogP contribution in [0.1, 0.15) is 11.6 Å². The molecule has 0 radical (unpaired) electrons. The summed E-state index contributed by atoms with van der Waals surface area (Å²) in [5.41, 5.74) is 4.95. The Morgan fingerprint density at radius 3 is 2.53 bits per heavy atom. The van der Waals surface area contributed by atoms with E-state index in [1.54, 1.807) is 6.92 Å². The summed E-state index contributed by atoms with van der Waals surface area (Å²) in [6.45, 7) is 0.989. The Balaban J connectivity index is 3.20. The molecule has 0 aliphatic carbocycles. The van der Waals surface area contributed by atoms with E-state index in [1.165, 1.54) is 6.07 Å². The van der Waals surface area contributed by atoms with Crippen LogP contribution in [0.3, 0.4) is 0 Å². The lowest BCUT2D eigenvalue weighted by molar-refractivity contribution is -0.165. The Bertz CT molecular complexity index is 397. The van der Waals surface area contributed by atoms with Crippen molar-refractivity contribution in [1.29, 1.82) is 0 Å². The molecule has 1 atom stereocenters. The third-order valence-corrected chi connectivity index (χ3v) is 2.04. The number of nitrogens with zero attached hydrogens (tertiary/aromatic N) is 1. The molecule has 0 aliphatic rings. The fourth-order valence-electron chi connectivity index (χ4n) is 1.25. The first-order chi connectivity index (χ1) is 6.86. The molecule has 84 valence electrons. The van der Waals surface area contributed by atoms with Crippen LogP contribution in [0, 0.1) is 6.92 Å². The van der Waals surface area contributed by atoms with Crippen molar-refractivity contribution in [3.63, 3.8) is 0 Å². The first-order valence-electron chi connectivity index (χ1n) is 4.32. The summed E-state index contributed by atoms with van der Waals surface area (Å²) < 4.78 is 37.9. The fourth-order valence-corrected chi connectivity index (χ4v) is 1.25. The van der Waals surface area contributed by atoms with Crippen LogP contribution >= 0.6 is 0 Å². The molecule has 1 aromatic rings. The summed E-state index contributed by atoms with van der Waals surface area (Å²) in [7, 11) is 0. The number of aromatic nitrogens is 1. The summed E-state index contributed by atoms with van der Waals surface area (Å²) in [4.78, 5) is 11.3. The van der Waals surface area contributed by atoms with Crippen molar-refractivity contribution < 1.29 is 13.2 Å². The third-order valence-electron chi connectivity index (χ3n) is 2.04. The maximum Gasteiger partial charge on any atom is 0.410 e. The van der Waals surface area contributed by atoms with Gasteiger partial charge in [0.2, 0.25) is 0 Å². The molecular weight excluding hydrogens is 209 g/mol. The minimum atomic E-state index is -4.51. The number of hydrogen-bond donors (Lipinski definition) is 1. The van der Waals surface area contributed by atoms with Gasteiger partial charge in [-0.05, 0) is 18.6 Å². The SMILES string of the molecule is Cc1ccn(C(CN)C(F)(F)F)c(=O)c1. The smallest absolute Gasteiger partial charge is 0.328 e. The predicted molar refractivity (Wildman–Crippen MR) is 49.6 cm³/mol. The molecule has 3 nitrogen and oxygen atoms in total. The molecule has 1 aromatic heterocycles. The third kappa shape index (κ3) is 2.59. The van der Waals surface area contributed by atoms with Crippen LogP contribution < -0.4 is 11.3 Å². The van der Waals surface area contributed by atoms with Crippen molar-refractivity contribution in [3.8, 4) is 0 Å². The number of nitrogens with two attached hydrogens (primary N) is 1. The lowest BCUT2D eigenvalue weighted by Crippen LogP contribution is -2.38. The van der Waals surface area contributed by atoms with Gasteiger partial charge in [-0.2, -0.15) is 13.2 Å². The number of halogens is 3. The van der Waals surface area contributed by atoms with Crippen LogP contribution in [-0.4, -0.2) is 17.3 Å². The second-order valence-electron chi connectivity index (χ2n) is 3.24. The molecule has 0 saturated carbocycles. The highest BCUT2D eigenvalue weighted by Gasteiger charge is 2.40. The summed E-state index contributed by atoms with van der Waals surface area (Å²) >= 11 is 0. The van der Waals surface area contributed by atoms with Crippen molar-refractivity contribution in [2.24, 2.45) is 5.73 Å². The van der Waals surface area contributed by atoms with E-state index in [2.05, 4.69) is 0 Å². The Labute approximate surface area is 84.3 Å². The summed E-state index contributed by atoms with van der Waals surface area (Å²) in [6, 6.07) is 0.634. The van der Waals surface area contributed by atoms with E-state index in [-0.39, 0.29) is 0 Å². The van der Waals surface area contributed by atoms with Gasteiger partial charge in [0.05, 0.1) is 0 Å². The molecule has 2 N–H and O–H groups in total. The first-order valence-corrected chi connectivity index (χ1v) is 4.32. The zero-order valence-corrected chi connectivity index (χ0v) is 8.08. The Kier molecular flexibility index (Phi) is 3.18. The maximum absolute atomic E-state index is 12.4. The molecule has 0 spiro atoms. The van der Waals surface area contributed by atoms with E-state index in [0.717, 1.165) is 12.3 Å². The van der Waals surface area contributed by atoms with Gasteiger partial charge < -0.3 is 10.3 Å². The van der Waals surface area contributed by atoms with Gasteiger partial charge in [-0.3, -0.25) is 4.79 Å². The molecule has 15 heavy (non-hydrogen) atoms. The number of hydrogen-bond acceptors (Lipinski definition) is 2. The highest BCUT2D eigenvalue weighted by molar-refractivity contribution is 5.09. The minimum Gasteiger partial charge on any atom is -0.328 e. The van der Waals surface area contributed by atoms with Crippen LogP contribution in [0.15, 0.2) is 23.1 Å². The van der Waals surface area contributed by atoms with Crippen molar-refractivity contribution >= 4 is 0 Å². The van der Waals surface area contributed by atoms with Crippen LogP contribution in [-0.2, 0) is 0 Å². The van der Waals surface area contributed by atoms with Gasteiger partial charge in [-0.15, -0.1) is 0 Å². The minimum absolute atomic E-state index is 0.604. The van der Waals surface area contributed by atoms with E-state index in [0.29, 0.717) is 10.1 Å². The maximum atomic E-state index is 12.4. The normalized spacial score (nSPS) is 13.9. The van der Waals surface area contributed by atoms with Crippen LogP contribution in [0.2, 0.25) is 0 Å². The molecule has 0 amide bonds. The highest BCUT2D eigenvalue weighted by Crippen LogP contribution is 2.28. The molecule has 1 unspecified atom stereocenters. The van der Waals surface area contributed by atoms with Gasteiger partial charge >= 0.3 is 6.18 Å². The van der Waals surface area contributed by atoms with Gasteiger partial charge in [0.15, 0.2) is 0 Å². The number of aryl methyl sites for hydroxylation is 1. The van der Waals surface area contributed by atoms with Gasteiger partial charge in [0.25, 0.3) is 5.56 Å². The van der Waals surface area contributed by atoms with Crippen molar-refractivity contribution in [3.05, 3.63) is 34.2 Å². The lowest BCUT2D eigenvalue weighted by atomic mass is 10.2. The van der Waals surface area contributed by atoms with Gasteiger partial charge in [0, 0.05) is 18.8 Å². The quantitative estimate of drug-likeness (QED) is 0.814. The van der Waals surface area contributed by atoms with Crippen LogP contribution in [0.5, 0.6) is 0 Å². The predicted octanol–water partition coefficient (Wildman–Crippen LogP) is 1.22. The van der Waals surface area contributed by atoms with E-state index >= 15 is 0 Å². The molecule has 0 bridgehead atoms. The molecule has 1 rings (SSSR count). The average molecular weight is 220 g/mol. The molecule has 0 fully saturated rings. The molecule has 6 heteroatoms. The molecule has 0 aromatic carbocycles. The number of alkyl halides is 3. The standard InChI is InChI=1S/C9H11F3N2O/c1-6-2-3-14(8(15)4-6)7(5-13)9(10,11)12/h2-4,7H,5,13H2,1H3. The average Bonchev–Trinajstić information content (AvgIpc) is 2.07. The summed E-state index contributed by atoms with van der Waals surface area (Å²) in [6.07, 6.45) is -3.39. The molecule has 1 heterocycles. The van der Waals surface area contributed by atoms with Crippen molar-refractivity contribution in [2.45, 2.75) is 19.1 Å². The van der Waals surface area contributed by atoms with Crippen molar-refractivity contribution in [1.82, 2.24) is 4.57 Å². The zero-order valence-electron chi connectivity index (χ0n) is 8.08. The van der Waals surface area contributed by atoms with E-state index < -0.39 is 24.3 Å². The first kappa shape index (κ1) is 11.8. The van der Waals surface area contributed by atoms with E-state index in [4.69, 9.17) is 5.73 Å². The second-order valence-corrected chi connectivity index (χ2v) is 3.24. The van der Waals surface area contributed by atoms with Gasteiger partial charge in [-0.25, -0.2) is 0 Å². The highest BCUT2D eigenvalue weighted by atomic mass is 19.4. The van der Waals surface area contributed by atoms with Gasteiger partial charge in [0.1, 0.15) is 6.04 Å². The van der Waals surface area contributed by atoms with Gasteiger partial charge in [-0.1, -0.05) is 0 Å². The van der Waals surface area contributed by atoms with Crippen molar-refractivity contribution in [2.75, 3.05) is 6.54 Å². The second kappa shape index (κ2) is 4.06. The van der Waals surface area contributed by atoms with E-state index in [9.17, 15) is 18.0 Å². The fraction of sp³-hybridized carbons (Fsp3) is 0.444. The molecule has 0 saturated heterocycles. The molecular formula is C9H11F3N2O. The number of rotatable bonds is 2. The zero-order chi connectivity index (χ0) is 11.6. The summed E-state index contributed by atoms with van der Waals surface area (Å²) in [5, 5.41) is 0. The summed E-state index contributed by atoms with van der Waals surface area (Å²) in [5.74, 6) is 0.